The van der Waals surface area contributed by atoms with Gasteiger partial charge in [0.05, 0.1) is 0 Å². The van der Waals surface area contributed by atoms with E-state index in [0.29, 0.717) is 11.6 Å². The van der Waals surface area contributed by atoms with Crippen LogP contribution in [0.2, 0.25) is 0 Å². The van der Waals surface area contributed by atoms with E-state index in [1.54, 1.807) is 6.07 Å². The molecule has 1 saturated carbocycles. The molecule has 0 aliphatic heterocycles. The molecule has 2 atom stereocenters. The number of hydrogen-bond acceptors (Lipinski definition) is 2. The van der Waals surface area contributed by atoms with Crippen LogP contribution in [0.3, 0.4) is 0 Å². The van der Waals surface area contributed by atoms with Gasteiger partial charge in [-0.15, -0.1) is 0 Å². The lowest BCUT2D eigenvalue weighted by atomic mass is 9.86. The summed E-state index contributed by atoms with van der Waals surface area (Å²) in [6.07, 6.45) is 4.39. The van der Waals surface area contributed by atoms with Crippen molar-refractivity contribution in [1.29, 1.82) is 0 Å². The molecule has 21 heavy (non-hydrogen) atoms. The van der Waals surface area contributed by atoms with E-state index in [0.717, 1.165) is 29.3 Å². The van der Waals surface area contributed by atoms with E-state index in [1.165, 1.54) is 6.42 Å². The van der Waals surface area contributed by atoms with Crippen LogP contribution in [0.4, 0.5) is 5.69 Å². The van der Waals surface area contributed by atoms with Crippen LogP contribution in [-0.4, -0.2) is 17.9 Å². The molecule has 2 N–H and O–H groups in total. The van der Waals surface area contributed by atoms with Crippen LogP contribution in [-0.2, 0) is 9.59 Å². The summed E-state index contributed by atoms with van der Waals surface area (Å²) < 4.78 is 0.943. The first kappa shape index (κ1) is 16.0. The second-order valence-corrected chi connectivity index (χ2v) is 6.67. The van der Waals surface area contributed by atoms with Crippen LogP contribution in [0.25, 0.3) is 0 Å². The Morgan fingerprint density at radius 1 is 1.19 bits per heavy atom. The maximum absolute atomic E-state index is 12.0. The summed E-state index contributed by atoms with van der Waals surface area (Å²) in [5.41, 5.74) is 1.58. The molecule has 1 aromatic carbocycles. The van der Waals surface area contributed by atoms with Gasteiger partial charge in [0.25, 0.3) is 0 Å². The summed E-state index contributed by atoms with van der Waals surface area (Å²) in [5.74, 6) is -0.709. The highest BCUT2D eigenvalue weighted by Gasteiger charge is 2.25. The quantitative estimate of drug-likeness (QED) is 0.801. The average Bonchev–Trinajstić information content (AvgIpc) is 2.44. The third-order valence-electron chi connectivity index (χ3n) is 4.07. The van der Waals surface area contributed by atoms with Crippen LogP contribution >= 0.6 is 15.9 Å². The first-order chi connectivity index (χ1) is 9.97. The van der Waals surface area contributed by atoms with Gasteiger partial charge >= 0.3 is 11.8 Å². The van der Waals surface area contributed by atoms with E-state index in [2.05, 4.69) is 33.5 Å². The van der Waals surface area contributed by atoms with Gasteiger partial charge in [-0.25, -0.2) is 0 Å². The number of amides is 2. The molecule has 1 aromatic rings. The number of aryl methyl sites for hydroxylation is 1. The van der Waals surface area contributed by atoms with Crippen molar-refractivity contribution in [2.45, 2.75) is 45.6 Å². The zero-order valence-electron chi connectivity index (χ0n) is 12.4. The maximum atomic E-state index is 12.0. The average molecular weight is 353 g/mol. The Hall–Kier alpha value is -1.36. The fraction of sp³-hybridized carbons (Fsp3) is 0.500. The fourth-order valence-electron chi connectivity index (χ4n) is 2.71. The molecular formula is C16H21BrN2O2. The lowest BCUT2D eigenvalue weighted by Gasteiger charge is -2.29. The third kappa shape index (κ3) is 4.30. The molecule has 0 spiro atoms. The molecule has 4 nitrogen and oxygen atoms in total. The Bertz CT molecular complexity index is 545. The largest absolute Gasteiger partial charge is 0.345 e. The Balaban J connectivity index is 1.94. The number of halogens is 1. The normalized spacial score (nSPS) is 21.7. The van der Waals surface area contributed by atoms with Crippen molar-refractivity contribution in [2.75, 3.05) is 5.32 Å². The minimum Gasteiger partial charge on any atom is -0.345 e. The standard InChI is InChI=1S/C16H21BrN2O2/c1-10-5-3-4-6-13(10)18-15(20)16(21)19-14-8-7-12(17)9-11(14)2/h7-10,13H,3-6H2,1-2H3,(H,18,20)(H,19,21)/t10-,13-/m0/s1. The highest BCUT2D eigenvalue weighted by atomic mass is 79.9. The molecule has 1 aliphatic rings. The number of benzene rings is 1. The molecule has 0 radical (unpaired) electrons. The molecule has 114 valence electrons. The molecule has 5 heteroatoms. The summed E-state index contributed by atoms with van der Waals surface area (Å²) in [6, 6.07) is 5.64. The van der Waals surface area contributed by atoms with Gasteiger partial charge in [-0.1, -0.05) is 35.7 Å². The van der Waals surface area contributed by atoms with Gasteiger partial charge in [-0.05, 0) is 49.4 Å². The molecule has 2 rings (SSSR count). The highest BCUT2D eigenvalue weighted by molar-refractivity contribution is 9.10. The zero-order chi connectivity index (χ0) is 15.4. The van der Waals surface area contributed by atoms with Gasteiger partial charge in [0.1, 0.15) is 0 Å². The van der Waals surface area contributed by atoms with Crippen LogP contribution < -0.4 is 10.6 Å². The summed E-state index contributed by atoms with van der Waals surface area (Å²) in [6.45, 7) is 4.02. The van der Waals surface area contributed by atoms with Crippen molar-refractivity contribution in [3.05, 3.63) is 28.2 Å². The highest BCUT2D eigenvalue weighted by Crippen LogP contribution is 2.24. The van der Waals surface area contributed by atoms with E-state index in [-0.39, 0.29) is 6.04 Å². The first-order valence-corrected chi connectivity index (χ1v) is 8.14. The SMILES string of the molecule is Cc1cc(Br)ccc1NC(=O)C(=O)N[C@H]1CCCC[C@@H]1C. The smallest absolute Gasteiger partial charge is 0.313 e. The molecule has 2 amide bonds. The van der Waals surface area contributed by atoms with Crippen molar-refractivity contribution >= 4 is 33.4 Å². The van der Waals surface area contributed by atoms with Crippen LogP contribution in [0.5, 0.6) is 0 Å². The van der Waals surface area contributed by atoms with Crippen molar-refractivity contribution in [1.82, 2.24) is 5.32 Å². The van der Waals surface area contributed by atoms with Crippen LogP contribution in [0, 0.1) is 12.8 Å². The molecule has 0 saturated heterocycles. The lowest BCUT2D eigenvalue weighted by Crippen LogP contribution is -2.45. The number of anilines is 1. The van der Waals surface area contributed by atoms with E-state index in [4.69, 9.17) is 0 Å². The molecular weight excluding hydrogens is 332 g/mol. The molecule has 1 fully saturated rings. The van der Waals surface area contributed by atoms with Gasteiger partial charge in [-0.3, -0.25) is 9.59 Å². The van der Waals surface area contributed by atoms with Crippen LogP contribution in [0.1, 0.15) is 38.2 Å². The molecule has 1 aliphatic carbocycles. The number of carbonyl (C=O) groups excluding carboxylic acids is 2. The van der Waals surface area contributed by atoms with E-state index >= 15 is 0 Å². The van der Waals surface area contributed by atoms with Crippen molar-refractivity contribution in [3.63, 3.8) is 0 Å². The summed E-state index contributed by atoms with van der Waals surface area (Å²) in [4.78, 5) is 24.0. The van der Waals surface area contributed by atoms with Crippen molar-refractivity contribution in [2.24, 2.45) is 5.92 Å². The third-order valence-corrected chi connectivity index (χ3v) is 4.56. The van der Waals surface area contributed by atoms with Gasteiger partial charge in [-0.2, -0.15) is 0 Å². The van der Waals surface area contributed by atoms with Gasteiger partial charge in [0.15, 0.2) is 0 Å². The summed E-state index contributed by atoms with van der Waals surface area (Å²) in [5, 5.41) is 5.53. The maximum Gasteiger partial charge on any atom is 0.313 e. The zero-order valence-corrected chi connectivity index (χ0v) is 14.0. The number of nitrogens with one attached hydrogen (secondary N) is 2. The second-order valence-electron chi connectivity index (χ2n) is 5.76. The molecule has 0 unspecified atom stereocenters. The molecule has 0 aromatic heterocycles. The van der Waals surface area contributed by atoms with Crippen molar-refractivity contribution in [3.8, 4) is 0 Å². The van der Waals surface area contributed by atoms with Gasteiger partial charge < -0.3 is 10.6 Å². The fourth-order valence-corrected chi connectivity index (χ4v) is 3.19. The van der Waals surface area contributed by atoms with Gasteiger partial charge in [0, 0.05) is 16.2 Å². The predicted molar refractivity (Wildman–Crippen MR) is 87.1 cm³/mol. The van der Waals surface area contributed by atoms with E-state index in [9.17, 15) is 9.59 Å². The topological polar surface area (TPSA) is 58.2 Å². The first-order valence-electron chi connectivity index (χ1n) is 7.35. The van der Waals surface area contributed by atoms with E-state index < -0.39 is 11.8 Å². The molecule has 0 heterocycles. The minimum absolute atomic E-state index is 0.114. The summed E-state index contributed by atoms with van der Waals surface area (Å²) in [7, 11) is 0. The Labute approximate surface area is 133 Å². The summed E-state index contributed by atoms with van der Waals surface area (Å²) >= 11 is 3.37. The number of rotatable bonds is 2. The Morgan fingerprint density at radius 3 is 2.57 bits per heavy atom. The Morgan fingerprint density at radius 2 is 1.90 bits per heavy atom. The van der Waals surface area contributed by atoms with Gasteiger partial charge in [0.2, 0.25) is 0 Å². The minimum atomic E-state index is -0.599. The lowest BCUT2D eigenvalue weighted by molar-refractivity contribution is -0.137. The monoisotopic (exact) mass is 352 g/mol. The Kier molecular flexibility index (Phi) is 5.39. The predicted octanol–water partition coefficient (Wildman–Crippen LogP) is 3.39. The second kappa shape index (κ2) is 7.07. The number of carbonyl (C=O) groups is 2. The van der Waals surface area contributed by atoms with Crippen LogP contribution in [0.15, 0.2) is 22.7 Å². The number of hydrogen-bond donors (Lipinski definition) is 2. The van der Waals surface area contributed by atoms with E-state index in [1.807, 2.05) is 19.1 Å². The molecule has 0 bridgehead atoms. The van der Waals surface area contributed by atoms with Crippen molar-refractivity contribution < 1.29 is 9.59 Å².